The van der Waals surface area contributed by atoms with Crippen molar-refractivity contribution in [2.45, 2.75) is 19.9 Å². The zero-order valence-corrected chi connectivity index (χ0v) is 14.4. The van der Waals surface area contributed by atoms with Crippen LogP contribution in [0.3, 0.4) is 0 Å². The van der Waals surface area contributed by atoms with Gasteiger partial charge in [0.05, 0.1) is 10.8 Å². The first-order valence-corrected chi connectivity index (χ1v) is 8.68. The van der Waals surface area contributed by atoms with Crippen molar-refractivity contribution in [3.05, 3.63) is 66.7 Å². The van der Waals surface area contributed by atoms with Gasteiger partial charge in [0.25, 0.3) is 0 Å². The van der Waals surface area contributed by atoms with E-state index in [0.717, 1.165) is 29.9 Å². The lowest BCUT2D eigenvalue weighted by Gasteiger charge is -2.13. The van der Waals surface area contributed by atoms with Crippen molar-refractivity contribution in [2.24, 2.45) is 0 Å². The summed E-state index contributed by atoms with van der Waals surface area (Å²) in [5, 5.41) is 3.59. The monoisotopic (exact) mass is 328 g/mol. The van der Waals surface area contributed by atoms with Crippen LogP contribution in [0.25, 0.3) is 32.9 Å². The lowest BCUT2D eigenvalue weighted by atomic mass is 9.98. The zero-order chi connectivity index (χ0) is 17.4. The van der Waals surface area contributed by atoms with Gasteiger partial charge >= 0.3 is 0 Å². The number of hydrogen-bond acceptors (Lipinski definition) is 2. The van der Waals surface area contributed by atoms with Crippen LogP contribution in [0.4, 0.5) is 11.4 Å². The van der Waals surface area contributed by atoms with Gasteiger partial charge in [0, 0.05) is 34.8 Å². The third-order valence-electron chi connectivity index (χ3n) is 4.67. The van der Waals surface area contributed by atoms with Crippen molar-refractivity contribution >= 4 is 33.1 Å². The molecule has 1 aromatic heterocycles. The Hall–Kier alpha value is -3.07. The Morgan fingerprint density at radius 1 is 0.760 bits per heavy atom. The van der Waals surface area contributed by atoms with Crippen LogP contribution in [0.2, 0.25) is 0 Å². The molecule has 4 rings (SSSR count). The Morgan fingerprint density at radius 3 is 2.16 bits per heavy atom. The molecule has 1 heterocycles. The summed E-state index contributed by atoms with van der Waals surface area (Å²) in [5.41, 5.74) is 17.4. The normalized spacial score (nSPS) is 11.2. The number of hydrogen-bond donors (Lipinski definition) is 2. The van der Waals surface area contributed by atoms with Gasteiger partial charge in [0.2, 0.25) is 11.2 Å². The molecule has 0 saturated heterocycles. The molecule has 0 aliphatic rings. The topological polar surface area (TPSA) is 55.9 Å². The number of nitrogens with zero attached hydrogens (tertiary/aromatic N) is 1. The van der Waals surface area contributed by atoms with E-state index in [1.807, 2.05) is 18.2 Å². The van der Waals surface area contributed by atoms with E-state index in [9.17, 15) is 0 Å². The fraction of sp³-hybridized carbons (Fsp3) is 0.136. The Labute approximate surface area is 147 Å². The van der Waals surface area contributed by atoms with Crippen LogP contribution < -0.4 is 16.0 Å². The largest absolute Gasteiger partial charge is 0.399 e. The highest BCUT2D eigenvalue weighted by Crippen LogP contribution is 2.33. The molecule has 4 aromatic rings. The van der Waals surface area contributed by atoms with Gasteiger partial charge in [0.1, 0.15) is 6.54 Å². The van der Waals surface area contributed by atoms with Gasteiger partial charge in [-0.3, -0.25) is 0 Å². The zero-order valence-electron chi connectivity index (χ0n) is 14.4. The highest BCUT2D eigenvalue weighted by Gasteiger charge is 2.22. The number of anilines is 2. The first-order chi connectivity index (χ1) is 12.2. The minimum atomic E-state index is 0.780. The van der Waals surface area contributed by atoms with Crippen molar-refractivity contribution in [2.75, 3.05) is 11.5 Å². The maximum atomic E-state index is 6.13. The third kappa shape index (κ3) is 2.58. The predicted octanol–water partition coefficient (Wildman–Crippen LogP) is 4.52. The van der Waals surface area contributed by atoms with Gasteiger partial charge in [0.15, 0.2) is 0 Å². The van der Waals surface area contributed by atoms with E-state index in [2.05, 4.69) is 60.0 Å². The Kier molecular flexibility index (Phi) is 3.77. The van der Waals surface area contributed by atoms with Gasteiger partial charge in [-0.1, -0.05) is 31.2 Å². The molecule has 0 saturated carbocycles. The predicted molar refractivity (Wildman–Crippen MR) is 106 cm³/mol. The van der Waals surface area contributed by atoms with Gasteiger partial charge in [-0.2, -0.15) is 4.57 Å². The number of rotatable bonds is 3. The molecule has 0 amide bonds. The first-order valence-electron chi connectivity index (χ1n) is 8.68. The van der Waals surface area contributed by atoms with Crippen LogP contribution in [-0.4, -0.2) is 0 Å². The number of fused-ring (bicyclic) bond motifs is 3. The average molecular weight is 328 g/mol. The number of nitrogen functional groups attached to an aromatic ring is 2. The lowest BCUT2D eigenvalue weighted by molar-refractivity contribution is -0.659. The molecule has 0 aliphatic heterocycles. The molecule has 0 bridgehead atoms. The molecule has 3 nitrogen and oxygen atoms in total. The maximum Gasteiger partial charge on any atom is 0.220 e. The second-order valence-corrected chi connectivity index (χ2v) is 6.45. The molecule has 0 radical (unpaired) electrons. The number of pyridine rings is 1. The highest BCUT2D eigenvalue weighted by atomic mass is 15.0. The SMILES string of the molecule is CCC[n+]1c(-c2ccccc2)c2cc(N)ccc2c2ccc(N)cc21. The maximum absolute atomic E-state index is 6.13. The Morgan fingerprint density at radius 2 is 1.44 bits per heavy atom. The number of aryl methyl sites for hydroxylation is 1. The molecule has 3 aromatic carbocycles. The molecule has 0 aliphatic carbocycles. The molecule has 124 valence electrons. The van der Waals surface area contributed by atoms with Crippen LogP contribution in [-0.2, 0) is 6.54 Å². The van der Waals surface area contributed by atoms with Crippen molar-refractivity contribution < 1.29 is 4.57 Å². The summed E-state index contributed by atoms with van der Waals surface area (Å²) in [4.78, 5) is 0. The fourth-order valence-corrected chi connectivity index (χ4v) is 3.62. The average Bonchev–Trinajstić information content (AvgIpc) is 2.62. The third-order valence-corrected chi connectivity index (χ3v) is 4.67. The second kappa shape index (κ2) is 6.10. The second-order valence-electron chi connectivity index (χ2n) is 6.45. The summed E-state index contributed by atoms with van der Waals surface area (Å²) in [6.07, 6.45) is 1.04. The van der Waals surface area contributed by atoms with Crippen LogP contribution in [0.15, 0.2) is 66.7 Å². The molecule has 25 heavy (non-hydrogen) atoms. The van der Waals surface area contributed by atoms with Gasteiger partial charge in [-0.25, -0.2) is 0 Å². The summed E-state index contributed by atoms with van der Waals surface area (Å²) in [5.74, 6) is 0. The standard InChI is InChI=1S/C22H21N3/c1-2-12-25-21-14-17(24)9-11-19(21)18-10-8-16(23)13-20(18)22(25)15-6-4-3-5-7-15/h3-11,13-14,24H,2,12,23H2,1H3/p+1. The molecule has 0 atom stereocenters. The summed E-state index contributed by atoms with van der Waals surface area (Å²) < 4.78 is 2.38. The van der Waals surface area contributed by atoms with E-state index in [1.165, 1.54) is 27.4 Å². The van der Waals surface area contributed by atoms with E-state index >= 15 is 0 Å². The molecular weight excluding hydrogens is 306 g/mol. The van der Waals surface area contributed by atoms with Crippen LogP contribution in [0.1, 0.15) is 13.3 Å². The van der Waals surface area contributed by atoms with Crippen molar-refractivity contribution in [1.82, 2.24) is 0 Å². The van der Waals surface area contributed by atoms with Crippen molar-refractivity contribution in [1.29, 1.82) is 0 Å². The van der Waals surface area contributed by atoms with Crippen LogP contribution in [0, 0.1) is 0 Å². The summed E-state index contributed by atoms with van der Waals surface area (Å²) in [6.45, 7) is 3.12. The summed E-state index contributed by atoms with van der Waals surface area (Å²) in [6, 6.07) is 22.8. The quantitative estimate of drug-likeness (QED) is 0.330. The first kappa shape index (κ1) is 15.5. The summed E-state index contributed by atoms with van der Waals surface area (Å²) >= 11 is 0. The smallest absolute Gasteiger partial charge is 0.220 e. The Balaban J connectivity index is 2.25. The molecule has 0 fully saturated rings. The fourth-order valence-electron chi connectivity index (χ4n) is 3.62. The number of benzene rings is 3. The van der Waals surface area contributed by atoms with E-state index in [1.54, 1.807) is 0 Å². The van der Waals surface area contributed by atoms with E-state index in [-0.39, 0.29) is 0 Å². The molecule has 0 unspecified atom stereocenters. The van der Waals surface area contributed by atoms with Gasteiger partial charge in [-0.05, 0) is 36.4 Å². The Bertz CT molecular complexity index is 1070. The van der Waals surface area contributed by atoms with E-state index in [0.29, 0.717) is 0 Å². The summed E-state index contributed by atoms with van der Waals surface area (Å²) in [7, 11) is 0. The van der Waals surface area contributed by atoms with Crippen molar-refractivity contribution in [3.63, 3.8) is 0 Å². The lowest BCUT2D eigenvalue weighted by Crippen LogP contribution is -2.37. The molecule has 3 heteroatoms. The van der Waals surface area contributed by atoms with Crippen LogP contribution >= 0.6 is 0 Å². The molecule has 4 N–H and O–H groups in total. The molecular formula is C22H22N3+. The van der Waals surface area contributed by atoms with Gasteiger partial charge < -0.3 is 11.5 Å². The number of aromatic nitrogens is 1. The van der Waals surface area contributed by atoms with Crippen LogP contribution in [0.5, 0.6) is 0 Å². The van der Waals surface area contributed by atoms with Gasteiger partial charge in [-0.15, -0.1) is 0 Å². The van der Waals surface area contributed by atoms with E-state index < -0.39 is 0 Å². The van der Waals surface area contributed by atoms with Crippen molar-refractivity contribution in [3.8, 4) is 11.3 Å². The molecule has 0 spiro atoms. The highest BCUT2D eigenvalue weighted by molar-refractivity contribution is 6.10. The van der Waals surface area contributed by atoms with E-state index in [4.69, 9.17) is 11.5 Å². The minimum absolute atomic E-state index is 0.780. The number of nitrogens with two attached hydrogens (primary N) is 2. The minimum Gasteiger partial charge on any atom is -0.399 e.